The maximum Gasteiger partial charge on any atom is 0.231 e. The first-order valence-corrected chi connectivity index (χ1v) is 7.97. The van der Waals surface area contributed by atoms with Crippen molar-refractivity contribution in [3.8, 4) is 11.5 Å². The molecule has 1 atom stereocenters. The second-order valence-corrected chi connectivity index (χ2v) is 7.11. The smallest absolute Gasteiger partial charge is 0.231 e. The maximum atomic E-state index is 12.1. The first kappa shape index (κ1) is 13.0. The van der Waals surface area contributed by atoms with Crippen molar-refractivity contribution < 1.29 is 22.7 Å². The predicted molar refractivity (Wildman–Crippen MR) is 72.4 cm³/mol. The van der Waals surface area contributed by atoms with Gasteiger partial charge in [-0.25, -0.2) is 8.42 Å². The van der Waals surface area contributed by atoms with Crippen molar-refractivity contribution in [2.75, 3.05) is 29.3 Å². The average molecular weight is 298 g/mol. The zero-order valence-electron chi connectivity index (χ0n) is 10.6. The van der Waals surface area contributed by atoms with Gasteiger partial charge in [0.25, 0.3) is 0 Å². The number of ether oxygens (including phenoxy) is 2. The van der Waals surface area contributed by atoms with Crippen molar-refractivity contribution in [3.63, 3.8) is 0 Å². The van der Waals surface area contributed by atoms with Crippen LogP contribution in [-0.4, -0.2) is 32.6 Å². The van der Waals surface area contributed by atoms with Crippen molar-refractivity contribution in [1.29, 1.82) is 0 Å². The molecule has 7 nitrogen and oxygen atoms in total. The highest BCUT2D eigenvalue weighted by atomic mass is 32.2. The Morgan fingerprint density at radius 1 is 1.30 bits per heavy atom. The standard InChI is InChI=1S/C12H14N2O5S/c13-8-3-10-11(19-6-18-10)4-9(8)14-12(15)7-1-2-20(16,17)5-7/h3-4,7H,1-2,5-6,13H2,(H,14,15). The quantitative estimate of drug-likeness (QED) is 0.764. The Kier molecular flexibility index (Phi) is 2.97. The van der Waals surface area contributed by atoms with Crippen molar-refractivity contribution >= 4 is 27.1 Å². The molecular formula is C12H14N2O5S. The molecule has 2 aliphatic rings. The Bertz CT molecular complexity index is 671. The molecule has 1 aromatic carbocycles. The van der Waals surface area contributed by atoms with Crippen LogP contribution in [0.1, 0.15) is 6.42 Å². The van der Waals surface area contributed by atoms with Crippen LogP contribution in [0.15, 0.2) is 12.1 Å². The van der Waals surface area contributed by atoms with Gasteiger partial charge in [0.05, 0.1) is 28.8 Å². The van der Waals surface area contributed by atoms with Crippen molar-refractivity contribution in [2.45, 2.75) is 6.42 Å². The van der Waals surface area contributed by atoms with E-state index in [9.17, 15) is 13.2 Å². The fourth-order valence-corrected chi connectivity index (χ4v) is 4.04. The van der Waals surface area contributed by atoms with E-state index in [4.69, 9.17) is 15.2 Å². The Hall–Kier alpha value is -1.96. The molecule has 0 aromatic heterocycles. The fraction of sp³-hybridized carbons (Fsp3) is 0.417. The number of nitrogens with two attached hydrogens (primary N) is 1. The number of hydrogen-bond acceptors (Lipinski definition) is 6. The third-order valence-corrected chi connectivity index (χ3v) is 5.17. The lowest BCUT2D eigenvalue weighted by Crippen LogP contribution is -2.24. The summed E-state index contributed by atoms with van der Waals surface area (Å²) in [7, 11) is -3.09. The number of carbonyl (C=O) groups is 1. The molecule has 20 heavy (non-hydrogen) atoms. The van der Waals surface area contributed by atoms with E-state index < -0.39 is 15.8 Å². The molecular weight excluding hydrogens is 284 g/mol. The monoisotopic (exact) mass is 298 g/mol. The second-order valence-electron chi connectivity index (χ2n) is 4.88. The molecule has 0 aliphatic carbocycles. The third-order valence-electron chi connectivity index (χ3n) is 3.41. The third kappa shape index (κ3) is 2.38. The minimum Gasteiger partial charge on any atom is -0.454 e. The highest BCUT2D eigenvalue weighted by Crippen LogP contribution is 2.38. The summed E-state index contributed by atoms with van der Waals surface area (Å²) in [5.41, 5.74) is 6.58. The molecule has 2 heterocycles. The van der Waals surface area contributed by atoms with E-state index in [0.29, 0.717) is 29.3 Å². The average Bonchev–Trinajstić information content (AvgIpc) is 2.95. The number of nitrogens with one attached hydrogen (secondary N) is 1. The van der Waals surface area contributed by atoms with Crippen molar-refractivity contribution in [2.24, 2.45) is 5.92 Å². The fourth-order valence-electron chi connectivity index (χ4n) is 2.30. The van der Waals surface area contributed by atoms with Crippen LogP contribution in [0.4, 0.5) is 11.4 Å². The molecule has 2 aliphatic heterocycles. The number of amides is 1. The van der Waals surface area contributed by atoms with Crippen LogP contribution in [0.5, 0.6) is 11.5 Å². The number of nitrogen functional groups attached to an aromatic ring is 1. The van der Waals surface area contributed by atoms with E-state index >= 15 is 0 Å². The van der Waals surface area contributed by atoms with Gasteiger partial charge in [0, 0.05) is 12.1 Å². The molecule has 8 heteroatoms. The highest BCUT2D eigenvalue weighted by Gasteiger charge is 2.33. The Labute approximate surface area is 116 Å². The molecule has 0 saturated carbocycles. The van der Waals surface area contributed by atoms with Crippen LogP contribution >= 0.6 is 0 Å². The normalized spacial score (nSPS) is 22.7. The zero-order valence-corrected chi connectivity index (χ0v) is 11.4. The lowest BCUT2D eigenvalue weighted by molar-refractivity contribution is -0.119. The molecule has 0 radical (unpaired) electrons. The summed E-state index contributed by atoms with van der Waals surface area (Å²) in [6.45, 7) is 0.118. The van der Waals surface area contributed by atoms with Gasteiger partial charge in [0.15, 0.2) is 21.3 Å². The van der Waals surface area contributed by atoms with Gasteiger partial charge >= 0.3 is 0 Å². The Balaban J connectivity index is 1.77. The van der Waals surface area contributed by atoms with E-state index in [0.717, 1.165) is 0 Å². The summed E-state index contributed by atoms with van der Waals surface area (Å²) >= 11 is 0. The minimum atomic E-state index is -3.09. The molecule has 1 saturated heterocycles. The Morgan fingerprint density at radius 3 is 2.65 bits per heavy atom. The minimum absolute atomic E-state index is 0.0572. The highest BCUT2D eigenvalue weighted by molar-refractivity contribution is 7.91. The van der Waals surface area contributed by atoms with E-state index in [1.165, 1.54) is 0 Å². The van der Waals surface area contributed by atoms with Crippen molar-refractivity contribution in [3.05, 3.63) is 12.1 Å². The van der Waals surface area contributed by atoms with Gasteiger partial charge in [-0.1, -0.05) is 0 Å². The van der Waals surface area contributed by atoms with Crippen LogP contribution in [0.2, 0.25) is 0 Å². The first-order chi connectivity index (χ1) is 9.44. The number of benzene rings is 1. The SMILES string of the molecule is Nc1cc2c(cc1NC(=O)C1CCS(=O)(=O)C1)OCO2. The van der Waals surface area contributed by atoms with Crippen LogP contribution < -0.4 is 20.5 Å². The van der Waals surface area contributed by atoms with E-state index in [2.05, 4.69) is 5.32 Å². The summed E-state index contributed by atoms with van der Waals surface area (Å²) in [5, 5.41) is 2.66. The largest absolute Gasteiger partial charge is 0.454 e. The maximum absolute atomic E-state index is 12.1. The predicted octanol–water partition coefficient (Wildman–Crippen LogP) is 0.371. The number of hydrogen-bond donors (Lipinski definition) is 2. The van der Waals surface area contributed by atoms with Crippen LogP contribution in [-0.2, 0) is 14.6 Å². The number of anilines is 2. The summed E-state index contributed by atoms with van der Waals surface area (Å²) in [4.78, 5) is 12.1. The summed E-state index contributed by atoms with van der Waals surface area (Å²) < 4.78 is 33.1. The summed E-state index contributed by atoms with van der Waals surface area (Å²) in [6, 6.07) is 3.16. The summed E-state index contributed by atoms with van der Waals surface area (Å²) in [6.07, 6.45) is 0.346. The number of fused-ring (bicyclic) bond motifs is 1. The number of rotatable bonds is 2. The van der Waals surface area contributed by atoms with Gasteiger partial charge in [-0.05, 0) is 6.42 Å². The van der Waals surface area contributed by atoms with Gasteiger partial charge in [0.1, 0.15) is 0 Å². The van der Waals surface area contributed by atoms with Crippen LogP contribution in [0.3, 0.4) is 0 Å². The first-order valence-electron chi connectivity index (χ1n) is 6.15. The molecule has 0 spiro atoms. The van der Waals surface area contributed by atoms with Gasteiger partial charge in [-0.15, -0.1) is 0 Å². The van der Waals surface area contributed by atoms with Crippen LogP contribution in [0, 0.1) is 5.92 Å². The van der Waals surface area contributed by atoms with E-state index in [1.807, 2.05) is 0 Å². The van der Waals surface area contributed by atoms with E-state index in [-0.39, 0.29) is 24.2 Å². The molecule has 1 fully saturated rings. The molecule has 0 bridgehead atoms. The molecule has 3 N–H and O–H groups in total. The lowest BCUT2D eigenvalue weighted by atomic mass is 10.1. The van der Waals surface area contributed by atoms with E-state index in [1.54, 1.807) is 12.1 Å². The Morgan fingerprint density at radius 2 is 2.00 bits per heavy atom. The number of carbonyl (C=O) groups excluding carboxylic acids is 1. The number of sulfone groups is 1. The van der Waals surface area contributed by atoms with Gasteiger partial charge in [-0.2, -0.15) is 0 Å². The summed E-state index contributed by atoms with van der Waals surface area (Å²) in [5.74, 6) is 0.129. The van der Waals surface area contributed by atoms with Gasteiger partial charge in [0.2, 0.25) is 12.7 Å². The second kappa shape index (κ2) is 4.55. The van der Waals surface area contributed by atoms with Gasteiger partial charge < -0.3 is 20.5 Å². The topological polar surface area (TPSA) is 108 Å². The van der Waals surface area contributed by atoms with Gasteiger partial charge in [-0.3, -0.25) is 4.79 Å². The molecule has 3 rings (SSSR count). The van der Waals surface area contributed by atoms with Crippen molar-refractivity contribution in [1.82, 2.24) is 0 Å². The molecule has 1 unspecified atom stereocenters. The molecule has 1 aromatic rings. The molecule has 1 amide bonds. The lowest BCUT2D eigenvalue weighted by Gasteiger charge is -2.12. The molecule has 108 valence electrons. The van der Waals surface area contributed by atoms with Crippen LogP contribution in [0.25, 0.3) is 0 Å². The zero-order chi connectivity index (χ0) is 14.3.